The van der Waals surface area contributed by atoms with Gasteiger partial charge in [-0.15, -0.1) is 0 Å². The Morgan fingerprint density at radius 3 is 2.30 bits per heavy atom. The van der Waals surface area contributed by atoms with E-state index in [1.807, 2.05) is 13.8 Å². The summed E-state index contributed by atoms with van der Waals surface area (Å²) in [5.41, 5.74) is -2.15. The van der Waals surface area contributed by atoms with Gasteiger partial charge in [-0.3, -0.25) is 19.5 Å². The highest BCUT2D eigenvalue weighted by molar-refractivity contribution is 7.53. The van der Waals surface area contributed by atoms with Crippen LogP contribution in [0.3, 0.4) is 0 Å². The minimum Gasteiger partial charge on any atom is -0.438 e. The molecule has 1 amide bonds. The van der Waals surface area contributed by atoms with Gasteiger partial charge in [0, 0.05) is 18.3 Å². The number of ether oxygens (including phenoxy) is 1. The first-order valence-corrected chi connectivity index (χ1v) is 13.4. The highest BCUT2D eigenvalue weighted by atomic mass is 35.5. The lowest BCUT2D eigenvalue weighted by Gasteiger charge is -2.19. The Bertz CT molecular complexity index is 1140. The average molecular weight is 568 g/mol. The predicted octanol–water partition coefficient (Wildman–Crippen LogP) is 6.97. The number of halogens is 4. The number of nitrogens with one attached hydrogen (secondary N) is 1. The summed E-state index contributed by atoms with van der Waals surface area (Å²) in [7, 11) is -3.74. The number of carbonyl (C=O) groups is 1. The fourth-order valence-corrected chi connectivity index (χ4v) is 4.39. The summed E-state index contributed by atoms with van der Waals surface area (Å²) in [5, 5.41) is 13.3. The minimum absolute atomic E-state index is 0.139. The molecule has 0 aliphatic heterocycles. The molecule has 0 atom stereocenters. The first-order valence-electron chi connectivity index (χ1n) is 11.3. The maximum Gasteiger partial charge on any atom is 0.417 e. The van der Waals surface area contributed by atoms with Gasteiger partial charge in [0.1, 0.15) is 22.6 Å². The third-order valence-corrected chi connectivity index (χ3v) is 6.73. The van der Waals surface area contributed by atoms with Crippen LogP contribution in [0.25, 0.3) is 0 Å². The maximum atomic E-state index is 13.0. The SMILES string of the molecule is CCCCOP(=O)(CNC(=O)c1cc(Oc2ncc(C(F)(F)F)cc2Cl)ccc1[N+](=O)[O-])OCCCC. The number of alkyl halides is 3. The molecule has 2 rings (SSSR count). The predicted molar refractivity (Wildman–Crippen MR) is 129 cm³/mol. The van der Waals surface area contributed by atoms with Crippen molar-refractivity contribution >= 4 is 30.8 Å². The summed E-state index contributed by atoms with van der Waals surface area (Å²) in [6, 6.07) is 3.69. The quantitative estimate of drug-likeness (QED) is 0.112. The van der Waals surface area contributed by atoms with E-state index in [0.29, 0.717) is 25.1 Å². The molecular weight excluding hydrogens is 542 g/mol. The van der Waals surface area contributed by atoms with Gasteiger partial charge in [-0.1, -0.05) is 38.3 Å². The largest absolute Gasteiger partial charge is 0.438 e. The van der Waals surface area contributed by atoms with Crippen LogP contribution in [0, 0.1) is 10.1 Å². The van der Waals surface area contributed by atoms with Crippen LogP contribution >= 0.6 is 19.2 Å². The number of rotatable bonds is 14. The number of aromatic nitrogens is 1. The van der Waals surface area contributed by atoms with Gasteiger partial charge in [0.2, 0.25) is 5.88 Å². The van der Waals surface area contributed by atoms with Crippen LogP contribution in [-0.2, 0) is 19.8 Å². The molecule has 204 valence electrons. The maximum absolute atomic E-state index is 13.0. The third-order valence-electron chi connectivity index (χ3n) is 4.76. The van der Waals surface area contributed by atoms with E-state index in [-0.39, 0.29) is 19.0 Å². The summed E-state index contributed by atoms with van der Waals surface area (Å²) >= 11 is 5.84. The van der Waals surface area contributed by atoms with E-state index in [4.69, 9.17) is 25.4 Å². The molecule has 0 aliphatic carbocycles. The molecule has 0 radical (unpaired) electrons. The van der Waals surface area contributed by atoms with Crippen molar-refractivity contribution in [2.45, 2.75) is 45.7 Å². The number of carbonyl (C=O) groups excluding carboxylic acids is 1. The van der Waals surface area contributed by atoms with E-state index in [0.717, 1.165) is 31.0 Å². The highest BCUT2D eigenvalue weighted by Gasteiger charge is 2.32. The molecule has 0 saturated heterocycles. The zero-order chi connectivity index (χ0) is 27.6. The summed E-state index contributed by atoms with van der Waals surface area (Å²) in [6.45, 7) is 4.10. The zero-order valence-electron chi connectivity index (χ0n) is 20.0. The molecule has 37 heavy (non-hydrogen) atoms. The minimum atomic E-state index is -4.67. The fourth-order valence-electron chi connectivity index (χ4n) is 2.78. The number of nitrogens with zero attached hydrogens (tertiary/aromatic N) is 2. The molecule has 15 heteroatoms. The van der Waals surface area contributed by atoms with Crippen molar-refractivity contribution in [3.05, 3.63) is 56.7 Å². The van der Waals surface area contributed by atoms with Gasteiger partial charge in [-0.25, -0.2) is 4.98 Å². The Hall–Kier alpha value is -2.73. The average Bonchev–Trinajstić information content (AvgIpc) is 2.83. The van der Waals surface area contributed by atoms with Crippen LogP contribution in [0.4, 0.5) is 18.9 Å². The molecule has 0 saturated carbocycles. The Balaban J connectivity index is 2.25. The van der Waals surface area contributed by atoms with Gasteiger partial charge in [0.15, 0.2) is 0 Å². The van der Waals surface area contributed by atoms with Crippen molar-refractivity contribution in [3.8, 4) is 11.6 Å². The van der Waals surface area contributed by atoms with Crippen molar-refractivity contribution in [1.82, 2.24) is 10.3 Å². The zero-order valence-corrected chi connectivity index (χ0v) is 21.7. The molecule has 0 unspecified atom stereocenters. The van der Waals surface area contributed by atoms with Crippen molar-refractivity contribution in [1.29, 1.82) is 0 Å². The lowest BCUT2D eigenvalue weighted by atomic mass is 10.1. The Labute approximate surface area is 216 Å². The first-order chi connectivity index (χ1) is 17.4. The number of hydrogen-bond acceptors (Lipinski definition) is 8. The van der Waals surface area contributed by atoms with Crippen molar-refractivity contribution < 1.29 is 41.2 Å². The molecular formula is C22H26ClF3N3O7P. The van der Waals surface area contributed by atoms with Crippen molar-refractivity contribution in [2.75, 3.05) is 19.5 Å². The topological polar surface area (TPSA) is 130 Å². The smallest absolute Gasteiger partial charge is 0.417 e. The van der Waals surface area contributed by atoms with Crippen LogP contribution in [0.2, 0.25) is 5.02 Å². The number of pyridine rings is 1. The molecule has 0 bridgehead atoms. The molecule has 1 heterocycles. The van der Waals surface area contributed by atoms with Gasteiger partial charge >= 0.3 is 13.8 Å². The Morgan fingerprint density at radius 2 is 1.78 bits per heavy atom. The highest BCUT2D eigenvalue weighted by Crippen LogP contribution is 2.47. The summed E-state index contributed by atoms with van der Waals surface area (Å²) in [6.07, 6.45) is -1.92. The number of benzene rings is 1. The van der Waals surface area contributed by atoms with E-state index >= 15 is 0 Å². The van der Waals surface area contributed by atoms with Crippen LogP contribution < -0.4 is 10.1 Å². The summed E-state index contributed by atoms with van der Waals surface area (Å²) in [4.78, 5) is 27.0. The second kappa shape index (κ2) is 13.7. The van der Waals surface area contributed by atoms with Gasteiger partial charge in [-0.2, -0.15) is 13.2 Å². The number of amides is 1. The molecule has 0 spiro atoms. The van der Waals surface area contributed by atoms with Gasteiger partial charge in [0.05, 0.1) is 23.7 Å². The van der Waals surface area contributed by atoms with Crippen molar-refractivity contribution in [3.63, 3.8) is 0 Å². The normalized spacial score (nSPS) is 11.8. The third kappa shape index (κ3) is 9.26. The number of nitro groups is 1. The van der Waals surface area contributed by atoms with Crippen molar-refractivity contribution in [2.24, 2.45) is 0 Å². The number of nitro benzene ring substituents is 1. The Kier molecular flexibility index (Phi) is 11.3. The van der Waals surface area contributed by atoms with E-state index in [2.05, 4.69) is 10.3 Å². The molecule has 0 fully saturated rings. The standard InChI is InChI=1S/C22H26ClF3N3O7P/c1-3-5-9-34-37(33,35-10-6-4-2)14-28-20(30)17-12-16(7-8-19(17)29(31)32)36-21-18(23)11-15(13-27-21)22(24,25)26/h7-8,11-13H,3-6,9-10,14H2,1-2H3,(H,28,30). The van der Waals surface area contributed by atoms with Crippen LogP contribution in [0.1, 0.15) is 55.5 Å². The van der Waals surface area contributed by atoms with Gasteiger partial charge in [0.25, 0.3) is 11.6 Å². The van der Waals surface area contributed by atoms with E-state index < -0.39 is 58.6 Å². The van der Waals surface area contributed by atoms with Gasteiger partial charge in [-0.05, 0) is 25.0 Å². The molecule has 1 N–H and O–H groups in total. The van der Waals surface area contributed by atoms with E-state index in [1.54, 1.807) is 0 Å². The van der Waals surface area contributed by atoms with Crippen LogP contribution in [-0.4, -0.2) is 35.3 Å². The molecule has 1 aromatic heterocycles. The lowest BCUT2D eigenvalue weighted by Crippen LogP contribution is -2.26. The summed E-state index contributed by atoms with van der Waals surface area (Å²) in [5.74, 6) is -1.54. The number of unbranched alkanes of at least 4 members (excludes halogenated alkanes) is 2. The molecule has 2 aromatic rings. The van der Waals surface area contributed by atoms with E-state index in [9.17, 15) is 32.6 Å². The van der Waals surface area contributed by atoms with Crippen LogP contribution in [0.15, 0.2) is 30.5 Å². The molecule has 0 aliphatic rings. The Morgan fingerprint density at radius 1 is 1.16 bits per heavy atom. The first kappa shape index (κ1) is 30.5. The second-order valence-electron chi connectivity index (χ2n) is 7.70. The monoisotopic (exact) mass is 567 g/mol. The summed E-state index contributed by atoms with van der Waals surface area (Å²) < 4.78 is 67.7. The molecule has 1 aromatic carbocycles. The lowest BCUT2D eigenvalue weighted by molar-refractivity contribution is -0.385. The molecule has 10 nitrogen and oxygen atoms in total. The second-order valence-corrected chi connectivity index (χ2v) is 10.2. The number of hydrogen-bond donors (Lipinski definition) is 1. The van der Waals surface area contributed by atoms with Gasteiger partial charge < -0.3 is 19.1 Å². The van der Waals surface area contributed by atoms with Crippen LogP contribution in [0.5, 0.6) is 11.6 Å². The van der Waals surface area contributed by atoms with E-state index in [1.165, 1.54) is 0 Å². The fraction of sp³-hybridized carbons (Fsp3) is 0.455.